The summed E-state index contributed by atoms with van der Waals surface area (Å²) in [5.74, 6) is -0.965. The lowest BCUT2D eigenvalue weighted by atomic mass is 10.0. The summed E-state index contributed by atoms with van der Waals surface area (Å²) in [5.41, 5.74) is 1.81. The SMILES string of the molecule is O=C(Nc1ccc(F)c(Cl)c1)c1ccc(F)c2c1CC[C@@H]2Nc1ncccn1. The number of nitrogens with one attached hydrogen (secondary N) is 2. The Bertz CT molecular complexity index is 1050. The molecule has 3 aromatic rings. The van der Waals surface area contributed by atoms with E-state index in [4.69, 9.17) is 11.6 Å². The van der Waals surface area contributed by atoms with E-state index in [0.29, 0.717) is 41.2 Å². The number of hydrogen-bond donors (Lipinski definition) is 2. The number of aromatic nitrogens is 2. The molecule has 0 aliphatic heterocycles. The van der Waals surface area contributed by atoms with Crippen molar-refractivity contribution in [3.05, 3.63) is 82.1 Å². The summed E-state index contributed by atoms with van der Waals surface area (Å²) in [4.78, 5) is 20.9. The second-order valence-electron chi connectivity index (χ2n) is 6.38. The van der Waals surface area contributed by atoms with Crippen LogP contribution in [0, 0.1) is 11.6 Å². The molecule has 0 spiro atoms. The Balaban J connectivity index is 1.61. The Morgan fingerprint density at radius 1 is 1.11 bits per heavy atom. The number of nitrogens with zero attached hydrogens (tertiary/aromatic N) is 2. The number of carbonyl (C=O) groups is 1. The van der Waals surface area contributed by atoms with E-state index >= 15 is 0 Å². The average Bonchev–Trinajstić information content (AvgIpc) is 3.10. The number of amides is 1. The van der Waals surface area contributed by atoms with Gasteiger partial charge in [0.2, 0.25) is 5.95 Å². The first-order chi connectivity index (χ1) is 13.5. The molecule has 28 heavy (non-hydrogen) atoms. The summed E-state index contributed by atoms with van der Waals surface area (Å²) in [7, 11) is 0. The smallest absolute Gasteiger partial charge is 0.255 e. The molecule has 2 aromatic carbocycles. The van der Waals surface area contributed by atoms with Crippen LogP contribution in [0.3, 0.4) is 0 Å². The van der Waals surface area contributed by atoms with Gasteiger partial charge < -0.3 is 10.6 Å². The number of rotatable bonds is 4. The number of anilines is 2. The number of hydrogen-bond acceptors (Lipinski definition) is 4. The van der Waals surface area contributed by atoms with Crippen molar-refractivity contribution in [1.29, 1.82) is 0 Å². The molecule has 1 aromatic heterocycles. The third-order valence-electron chi connectivity index (χ3n) is 4.63. The van der Waals surface area contributed by atoms with Crippen LogP contribution in [-0.2, 0) is 6.42 Å². The maximum Gasteiger partial charge on any atom is 0.255 e. The average molecular weight is 401 g/mol. The van der Waals surface area contributed by atoms with Crippen LogP contribution < -0.4 is 10.6 Å². The molecule has 0 radical (unpaired) electrons. The van der Waals surface area contributed by atoms with Gasteiger partial charge in [-0.1, -0.05) is 11.6 Å². The van der Waals surface area contributed by atoms with Gasteiger partial charge >= 0.3 is 0 Å². The minimum absolute atomic E-state index is 0.0886. The molecule has 1 atom stereocenters. The fourth-order valence-electron chi connectivity index (χ4n) is 3.37. The van der Waals surface area contributed by atoms with Crippen LogP contribution >= 0.6 is 11.6 Å². The van der Waals surface area contributed by atoms with Gasteiger partial charge in [-0.3, -0.25) is 4.79 Å². The Morgan fingerprint density at radius 2 is 1.86 bits per heavy atom. The zero-order valence-corrected chi connectivity index (χ0v) is 15.3. The van der Waals surface area contributed by atoms with Gasteiger partial charge in [0.1, 0.15) is 11.6 Å². The van der Waals surface area contributed by atoms with Crippen molar-refractivity contribution in [2.75, 3.05) is 10.6 Å². The van der Waals surface area contributed by atoms with E-state index in [-0.39, 0.29) is 16.9 Å². The summed E-state index contributed by atoms with van der Waals surface area (Å²) in [6, 6.07) is 8.01. The van der Waals surface area contributed by atoms with Gasteiger partial charge in [0.05, 0.1) is 11.1 Å². The monoisotopic (exact) mass is 400 g/mol. The summed E-state index contributed by atoms with van der Waals surface area (Å²) in [6.45, 7) is 0. The molecule has 0 saturated carbocycles. The second kappa shape index (κ2) is 7.52. The summed E-state index contributed by atoms with van der Waals surface area (Å²) in [5, 5.41) is 5.71. The second-order valence-corrected chi connectivity index (χ2v) is 6.79. The van der Waals surface area contributed by atoms with Crippen molar-refractivity contribution in [2.24, 2.45) is 0 Å². The Morgan fingerprint density at radius 3 is 2.61 bits per heavy atom. The Kier molecular flexibility index (Phi) is 4.92. The highest BCUT2D eigenvalue weighted by Gasteiger charge is 2.30. The molecule has 1 heterocycles. The van der Waals surface area contributed by atoms with Crippen molar-refractivity contribution >= 4 is 29.1 Å². The van der Waals surface area contributed by atoms with Gasteiger partial charge in [-0.05, 0) is 54.8 Å². The van der Waals surface area contributed by atoms with E-state index in [2.05, 4.69) is 20.6 Å². The van der Waals surface area contributed by atoms with E-state index in [0.717, 1.165) is 0 Å². The number of fused-ring (bicyclic) bond motifs is 1. The van der Waals surface area contributed by atoms with Crippen molar-refractivity contribution in [1.82, 2.24) is 9.97 Å². The van der Waals surface area contributed by atoms with Crippen molar-refractivity contribution in [3.63, 3.8) is 0 Å². The van der Waals surface area contributed by atoms with Crippen LogP contribution in [0.1, 0.15) is 33.9 Å². The largest absolute Gasteiger partial charge is 0.347 e. The molecular weight excluding hydrogens is 386 g/mol. The van der Waals surface area contributed by atoms with Crippen molar-refractivity contribution in [3.8, 4) is 0 Å². The zero-order chi connectivity index (χ0) is 19.7. The molecule has 5 nitrogen and oxygen atoms in total. The van der Waals surface area contributed by atoms with E-state index < -0.39 is 11.7 Å². The van der Waals surface area contributed by atoms with Crippen LogP contribution in [-0.4, -0.2) is 15.9 Å². The predicted octanol–water partition coefficient (Wildman–Crippen LogP) is 4.76. The predicted molar refractivity (Wildman–Crippen MR) is 102 cm³/mol. The maximum absolute atomic E-state index is 14.5. The first-order valence-corrected chi connectivity index (χ1v) is 9.02. The highest BCUT2D eigenvalue weighted by molar-refractivity contribution is 6.31. The third-order valence-corrected chi connectivity index (χ3v) is 4.92. The lowest BCUT2D eigenvalue weighted by molar-refractivity contribution is 0.102. The van der Waals surface area contributed by atoms with E-state index in [9.17, 15) is 13.6 Å². The van der Waals surface area contributed by atoms with E-state index in [1.165, 1.54) is 30.3 Å². The van der Waals surface area contributed by atoms with Gasteiger partial charge in [-0.2, -0.15) is 0 Å². The normalized spacial score (nSPS) is 15.2. The molecule has 8 heteroatoms. The van der Waals surface area contributed by atoms with E-state index in [1.54, 1.807) is 18.5 Å². The molecular formula is C20H15ClF2N4O. The molecule has 1 aliphatic rings. The summed E-state index contributed by atoms with van der Waals surface area (Å²) in [6.07, 6.45) is 4.33. The highest BCUT2D eigenvalue weighted by atomic mass is 35.5. The van der Waals surface area contributed by atoms with Gasteiger partial charge in [0.15, 0.2) is 0 Å². The lowest BCUT2D eigenvalue weighted by Crippen LogP contribution is -2.16. The number of benzene rings is 2. The molecule has 1 aliphatic carbocycles. The molecule has 0 saturated heterocycles. The van der Waals surface area contributed by atoms with Gasteiger partial charge in [-0.25, -0.2) is 18.7 Å². The number of carbonyl (C=O) groups excluding carboxylic acids is 1. The minimum atomic E-state index is -0.570. The van der Waals surface area contributed by atoms with Gasteiger partial charge in [-0.15, -0.1) is 0 Å². The summed E-state index contributed by atoms with van der Waals surface area (Å²) >= 11 is 5.76. The van der Waals surface area contributed by atoms with Gasteiger partial charge in [0.25, 0.3) is 5.91 Å². The third kappa shape index (κ3) is 3.53. The molecule has 0 bridgehead atoms. The molecule has 0 fully saturated rings. The molecule has 142 valence electrons. The standard InChI is InChI=1S/C20H15ClF2N4O/c21-14-10-11(2-5-15(14)22)26-19(28)13-3-6-16(23)18-12(13)4-7-17(18)27-20-24-8-1-9-25-20/h1-3,5-6,8-10,17H,4,7H2,(H,26,28)(H,24,25,27)/t17-/m0/s1. The highest BCUT2D eigenvalue weighted by Crippen LogP contribution is 2.37. The van der Waals surface area contributed by atoms with Crippen molar-refractivity contribution < 1.29 is 13.6 Å². The fraction of sp³-hybridized carbons (Fsp3) is 0.150. The lowest BCUT2D eigenvalue weighted by Gasteiger charge is -2.16. The van der Waals surface area contributed by atoms with Crippen LogP contribution in [0.4, 0.5) is 20.4 Å². The van der Waals surface area contributed by atoms with Crippen molar-refractivity contribution in [2.45, 2.75) is 18.9 Å². The minimum Gasteiger partial charge on any atom is -0.347 e. The maximum atomic E-state index is 14.5. The van der Waals surface area contributed by atoms with Gasteiger partial charge in [0, 0.05) is 29.2 Å². The molecule has 2 N–H and O–H groups in total. The number of halogens is 3. The first kappa shape index (κ1) is 18.3. The molecule has 1 amide bonds. The molecule has 4 rings (SSSR count). The van der Waals surface area contributed by atoms with Crippen LogP contribution in [0.5, 0.6) is 0 Å². The fourth-order valence-corrected chi connectivity index (χ4v) is 3.55. The van der Waals surface area contributed by atoms with E-state index in [1.807, 2.05) is 0 Å². The Labute approximate surface area is 164 Å². The quantitative estimate of drug-likeness (QED) is 0.662. The molecule has 0 unspecified atom stereocenters. The van der Waals surface area contributed by atoms with Crippen LogP contribution in [0.25, 0.3) is 0 Å². The summed E-state index contributed by atoms with van der Waals surface area (Å²) < 4.78 is 27.8. The van der Waals surface area contributed by atoms with Crippen LogP contribution in [0.2, 0.25) is 5.02 Å². The topological polar surface area (TPSA) is 66.9 Å². The zero-order valence-electron chi connectivity index (χ0n) is 14.5. The van der Waals surface area contributed by atoms with Crippen LogP contribution in [0.15, 0.2) is 48.8 Å². The Hall–Kier alpha value is -3.06. The first-order valence-electron chi connectivity index (χ1n) is 8.64.